The van der Waals surface area contributed by atoms with Gasteiger partial charge in [0.05, 0.1) is 5.01 Å². The number of aromatic nitrogens is 1. The molecule has 0 saturated carbocycles. The fourth-order valence-corrected chi connectivity index (χ4v) is 3.79. The van der Waals surface area contributed by atoms with E-state index in [1.165, 1.54) is 16.9 Å². The smallest absolute Gasteiger partial charge is 0.273 e. The standard InChI is InChI=1S/C18H24N4OS/c1-13-3-2-4-15(11-13)20-14-6-9-22(10-7-14)18(23)16-12-24-17(21-16)5-8-19/h2-4,11-12,14,20H,5-10,19H2,1H3. The van der Waals surface area contributed by atoms with Gasteiger partial charge in [-0.15, -0.1) is 11.3 Å². The summed E-state index contributed by atoms with van der Waals surface area (Å²) in [5.41, 5.74) is 8.52. The van der Waals surface area contributed by atoms with E-state index >= 15 is 0 Å². The Kier molecular flexibility index (Phi) is 5.48. The molecule has 1 aliphatic heterocycles. The summed E-state index contributed by atoms with van der Waals surface area (Å²) < 4.78 is 0. The first-order valence-corrected chi connectivity index (χ1v) is 9.30. The van der Waals surface area contributed by atoms with Gasteiger partial charge in [-0.2, -0.15) is 0 Å². The van der Waals surface area contributed by atoms with Gasteiger partial charge in [-0.1, -0.05) is 12.1 Å². The first kappa shape index (κ1) is 16.9. The van der Waals surface area contributed by atoms with Gasteiger partial charge in [0.25, 0.3) is 5.91 Å². The van der Waals surface area contributed by atoms with E-state index in [1.54, 1.807) is 0 Å². The predicted octanol–water partition coefficient (Wildman–Crippen LogP) is 2.67. The van der Waals surface area contributed by atoms with E-state index in [0.717, 1.165) is 43.0 Å². The number of benzene rings is 1. The molecule has 1 fully saturated rings. The summed E-state index contributed by atoms with van der Waals surface area (Å²) >= 11 is 1.52. The minimum Gasteiger partial charge on any atom is -0.382 e. The number of nitrogens with two attached hydrogens (primary N) is 1. The fourth-order valence-electron chi connectivity index (χ4n) is 3.01. The molecule has 3 rings (SSSR count). The molecule has 1 aliphatic rings. The predicted molar refractivity (Wildman–Crippen MR) is 98.6 cm³/mol. The van der Waals surface area contributed by atoms with Crippen molar-refractivity contribution >= 4 is 22.9 Å². The normalized spacial score (nSPS) is 15.5. The lowest BCUT2D eigenvalue weighted by Crippen LogP contribution is -2.42. The summed E-state index contributed by atoms with van der Waals surface area (Å²) in [7, 11) is 0. The number of piperidine rings is 1. The van der Waals surface area contributed by atoms with Crippen LogP contribution in [0.1, 0.15) is 33.9 Å². The van der Waals surface area contributed by atoms with Crippen LogP contribution in [0, 0.1) is 6.92 Å². The molecule has 0 unspecified atom stereocenters. The molecule has 2 heterocycles. The highest BCUT2D eigenvalue weighted by molar-refractivity contribution is 7.09. The highest BCUT2D eigenvalue weighted by Gasteiger charge is 2.25. The molecular weight excluding hydrogens is 320 g/mol. The Bertz CT molecular complexity index is 692. The summed E-state index contributed by atoms with van der Waals surface area (Å²) in [6.07, 6.45) is 2.65. The van der Waals surface area contributed by atoms with Crippen LogP contribution in [0.4, 0.5) is 5.69 Å². The van der Waals surface area contributed by atoms with Crippen molar-refractivity contribution in [3.8, 4) is 0 Å². The lowest BCUT2D eigenvalue weighted by molar-refractivity contribution is 0.0713. The number of rotatable bonds is 5. The number of carbonyl (C=O) groups is 1. The van der Waals surface area contributed by atoms with Crippen molar-refractivity contribution in [2.75, 3.05) is 25.0 Å². The molecule has 24 heavy (non-hydrogen) atoms. The largest absolute Gasteiger partial charge is 0.382 e. The minimum atomic E-state index is 0.0449. The molecule has 0 atom stereocenters. The van der Waals surface area contributed by atoms with Gasteiger partial charge in [0.15, 0.2) is 0 Å². The third-order valence-corrected chi connectivity index (χ3v) is 5.21. The maximum atomic E-state index is 12.5. The first-order chi connectivity index (χ1) is 11.7. The molecule has 0 bridgehead atoms. The van der Waals surface area contributed by atoms with Gasteiger partial charge in [0.2, 0.25) is 0 Å². The Hall–Kier alpha value is -1.92. The third-order valence-electron chi connectivity index (χ3n) is 4.30. The molecule has 1 aromatic heterocycles. The molecule has 3 N–H and O–H groups in total. The molecule has 1 aromatic carbocycles. The van der Waals surface area contributed by atoms with E-state index in [1.807, 2.05) is 10.3 Å². The fraction of sp³-hybridized carbons (Fsp3) is 0.444. The molecule has 1 saturated heterocycles. The second-order valence-electron chi connectivity index (χ2n) is 6.25. The molecule has 2 aromatic rings. The lowest BCUT2D eigenvalue weighted by atomic mass is 10.0. The monoisotopic (exact) mass is 344 g/mol. The topological polar surface area (TPSA) is 71.2 Å². The molecule has 1 amide bonds. The summed E-state index contributed by atoms with van der Waals surface area (Å²) in [6.45, 7) is 4.20. The van der Waals surface area contributed by atoms with Crippen molar-refractivity contribution in [2.24, 2.45) is 5.73 Å². The van der Waals surface area contributed by atoms with Gasteiger partial charge >= 0.3 is 0 Å². The lowest BCUT2D eigenvalue weighted by Gasteiger charge is -2.32. The van der Waals surface area contributed by atoms with Crippen LogP contribution in [0.3, 0.4) is 0 Å². The number of anilines is 1. The van der Waals surface area contributed by atoms with Gasteiger partial charge in [0, 0.05) is 36.6 Å². The average Bonchev–Trinajstić information content (AvgIpc) is 3.04. The number of aryl methyl sites for hydroxylation is 1. The molecule has 0 aliphatic carbocycles. The maximum Gasteiger partial charge on any atom is 0.273 e. The second-order valence-corrected chi connectivity index (χ2v) is 7.19. The SMILES string of the molecule is Cc1cccc(NC2CCN(C(=O)c3csc(CCN)n3)CC2)c1. The maximum absolute atomic E-state index is 12.5. The van der Waals surface area contributed by atoms with Gasteiger partial charge < -0.3 is 16.0 Å². The van der Waals surface area contributed by atoms with Gasteiger partial charge in [-0.05, 0) is 44.0 Å². The summed E-state index contributed by atoms with van der Waals surface area (Å²) in [5.74, 6) is 0.0449. The number of thiazole rings is 1. The zero-order chi connectivity index (χ0) is 16.9. The summed E-state index contributed by atoms with van der Waals surface area (Å²) in [6, 6.07) is 8.83. The number of hydrogen-bond donors (Lipinski definition) is 2. The van der Waals surface area contributed by atoms with Gasteiger partial charge in [-0.25, -0.2) is 4.98 Å². The molecular formula is C18H24N4OS. The van der Waals surface area contributed by atoms with Crippen molar-refractivity contribution in [2.45, 2.75) is 32.2 Å². The van der Waals surface area contributed by atoms with Crippen molar-refractivity contribution in [1.82, 2.24) is 9.88 Å². The first-order valence-electron chi connectivity index (χ1n) is 8.42. The van der Waals surface area contributed by atoms with Crippen LogP contribution in [0.15, 0.2) is 29.6 Å². The zero-order valence-electron chi connectivity index (χ0n) is 14.0. The van der Waals surface area contributed by atoms with E-state index in [9.17, 15) is 4.79 Å². The molecule has 0 radical (unpaired) electrons. The van der Waals surface area contributed by atoms with Crippen molar-refractivity contribution in [3.63, 3.8) is 0 Å². The van der Waals surface area contributed by atoms with Crippen molar-refractivity contribution in [3.05, 3.63) is 45.9 Å². The van der Waals surface area contributed by atoms with Crippen LogP contribution in [-0.4, -0.2) is 41.5 Å². The van der Waals surface area contributed by atoms with Crippen LogP contribution in [-0.2, 0) is 6.42 Å². The molecule has 6 heteroatoms. The van der Waals surface area contributed by atoms with Gasteiger partial charge in [-0.3, -0.25) is 4.79 Å². The average molecular weight is 344 g/mol. The van der Waals surface area contributed by atoms with E-state index in [4.69, 9.17) is 5.73 Å². The zero-order valence-corrected chi connectivity index (χ0v) is 14.8. The highest BCUT2D eigenvalue weighted by Crippen LogP contribution is 2.20. The number of likely N-dealkylation sites (tertiary alicyclic amines) is 1. The van der Waals surface area contributed by atoms with Crippen molar-refractivity contribution in [1.29, 1.82) is 0 Å². The van der Waals surface area contributed by atoms with E-state index in [-0.39, 0.29) is 5.91 Å². The Morgan fingerprint density at radius 2 is 2.21 bits per heavy atom. The van der Waals surface area contributed by atoms with Crippen LogP contribution in [0.5, 0.6) is 0 Å². The van der Waals surface area contributed by atoms with Gasteiger partial charge in [0.1, 0.15) is 5.69 Å². The Balaban J connectivity index is 1.53. The van der Waals surface area contributed by atoms with E-state index < -0.39 is 0 Å². The number of amides is 1. The van der Waals surface area contributed by atoms with Crippen LogP contribution >= 0.6 is 11.3 Å². The summed E-state index contributed by atoms with van der Waals surface area (Å²) in [5, 5.41) is 6.37. The number of nitrogens with zero attached hydrogens (tertiary/aromatic N) is 2. The Morgan fingerprint density at radius 3 is 2.92 bits per heavy atom. The quantitative estimate of drug-likeness (QED) is 0.875. The highest BCUT2D eigenvalue weighted by atomic mass is 32.1. The van der Waals surface area contributed by atoms with Crippen LogP contribution in [0.25, 0.3) is 0 Å². The summed E-state index contributed by atoms with van der Waals surface area (Å²) in [4.78, 5) is 18.9. The van der Waals surface area contributed by atoms with Crippen LogP contribution < -0.4 is 11.1 Å². The number of nitrogens with one attached hydrogen (secondary N) is 1. The molecule has 0 spiro atoms. The Labute approximate surface area is 146 Å². The van der Waals surface area contributed by atoms with Crippen molar-refractivity contribution < 1.29 is 4.79 Å². The number of hydrogen-bond acceptors (Lipinski definition) is 5. The molecule has 128 valence electrons. The Morgan fingerprint density at radius 1 is 1.42 bits per heavy atom. The van der Waals surface area contributed by atoms with E-state index in [2.05, 4.69) is 41.5 Å². The number of carbonyl (C=O) groups excluding carboxylic acids is 1. The third kappa shape index (κ3) is 4.13. The van der Waals surface area contributed by atoms with E-state index in [0.29, 0.717) is 18.3 Å². The minimum absolute atomic E-state index is 0.0449. The second kappa shape index (κ2) is 7.77. The van der Waals surface area contributed by atoms with Crippen LogP contribution in [0.2, 0.25) is 0 Å². The molecule has 5 nitrogen and oxygen atoms in total.